The van der Waals surface area contributed by atoms with E-state index in [0.717, 1.165) is 6.20 Å². The molecule has 0 radical (unpaired) electrons. The lowest BCUT2D eigenvalue weighted by molar-refractivity contribution is 0.101. The minimum Gasteiger partial charge on any atom is -0.616 e. The van der Waals surface area contributed by atoms with Crippen molar-refractivity contribution in [3.8, 4) is 0 Å². The summed E-state index contributed by atoms with van der Waals surface area (Å²) >= 11 is 5.23. The molecule has 0 spiro atoms. The number of halogens is 2. The molecule has 0 saturated carbocycles. The van der Waals surface area contributed by atoms with Crippen LogP contribution in [0.2, 0.25) is 5.02 Å². The largest absolute Gasteiger partial charge is 0.616 e. The van der Waals surface area contributed by atoms with Crippen LogP contribution in [-0.4, -0.2) is 44.5 Å². The van der Waals surface area contributed by atoms with Crippen LogP contribution in [-0.2, 0) is 11.2 Å². The number of nitrogens with zero attached hydrogens (tertiary/aromatic N) is 3. The summed E-state index contributed by atoms with van der Waals surface area (Å²) in [6.45, 7) is 2.50. The van der Waals surface area contributed by atoms with Gasteiger partial charge in [-0.2, -0.15) is 5.10 Å². The fourth-order valence-electron chi connectivity index (χ4n) is 2.49. The number of pyridine rings is 1. The highest BCUT2D eigenvalue weighted by atomic mass is 35.5. The van der Waals surface area contributed by atoms with Crippen LogP contribution in [0.5, 0.6) is 0 Å². The molecule has 2 aromatic rings. The average molecular weight is 330 g/mol. The molecule has 0 aliphatic carbocycles. The molecule has 1 saturated heterocycles. The van der Waals surface area contributed by atoms with Crippen molar-refractivity contribution in [2.45, 2.75) is 6.92 Å². The van der Waals surface area contributed by atoms with Gasteiger partial charge in [0.1, 0.15) is 22.8 Å². The van der Waals surface area contributed by atoms with Crippen molar-refractivity contribution in [1.29, 1.82) is 0 Å². The smallest absolute Gasteiger partial charge is 0.170 e. The third-order valence-electron chi connectivity index (χ3n) is 3.52. The second-order valence-electron chi connectivity index (χ2n) is 4.87. The van der Waals surface area contributed by atoms with Gasteiger partial charge in [-0.1, -0.05) is 22.8 Å². The molecule has 0 N–H and O–H groups in total. The standard InChI is InChI=1S/C13H13ClFN3O2S/c1-8(19)9-6-10(14)12-11(15)7-16-18(12)13(9)17-2-4-21(20)5-3-17/h6-7H,2-5H2,1H3. The monoisotopic (exact) mass is 329 g/mol. The zero-order valence-electron chi connectivity index (χ0n) is 11.3. The van der Waals surface area contributed by atoms with Crippen LogP contribution < -0.4 is 4.90 Å². The Bertz CT molecular complexity index is 713. The fourth-order valence-corrected chi connectivity index (χ4v) is 3.82. The first-order chi connectivity index (χ1) is 9.99. The number of hydrogen-bond acceptors (Lipinski definition) is 4. The van der Waals surface area contributed by atoms with E-state index in [0.29, 0.717) is 36.0 Å². The highest BCUT2D eigenvalue weighted by Gasteiger charge is 2.27. The van der Waals surface area contributed by atoms with E-state index < -0.39 is 17.0 Å². The summed E-state index contributed by atoms with van der Waals surface area (Å²) in [5.41, 5.74) is 0.548. The summed E-state index contributed by atoms with van der Waals surface area (Å²) in [5.74, 6) is 0.854. The van der Waals surface area contributed by atoms with E-state index in [1.165, 1.54) is 17.5 Å². The predicted octanol–water partition coefficient (Wildman–Crippen LogP) is 1.90. The van der Waals surface area contributed by atoms with Crippen molar-refractivity contribution >= 4 is 39.9 Å². The minimum absolute atomic E-state index is 0.152. The Hall–Kier alpha value is -1.31. The molecule has 5 nitrogen and oxygen atoms in total. The Morgan fingerprint density at radius 1 is 1.48 bits per heavy atom. The summed E-state index contributed by atoms with van der Waals surface area (Å²) < 4.78 is 26.7. The van der Waals surface area contributed by atoms with Crippen molar-refractivity contribution < 1.29 is 13.7 Å². The Kier molecular flexibility index (Phi) is 3.81. The van der Waals surface area contributed by atoms with Gasteiger partial charge in [0.05, 0.1) is 29.9 Å². The number of carbonyl (C=O) groups is 1. The first-order valence-corrected chi connectivity index (χ1v) is 8.32. The number of fused-ring (bicyclic) bond motifs is 1. The molecule has 3 rings (SSSR count). The van der Waals surface area contributed by atoms with Gasteiger partial charge >= 0.3 is 0 Å². The van der Waals surface area contributed by atoms with Crippen LogP contribution in [0.1, 0.15) is 17.3 Å². The van der Waals surface area contributed by atoms with E-state index in [2.05, 4.69) is 5.10 Å². The van der Waals surface area contributed by atoms with Crippen LogP contribution >= 0.6 is 11.6 Å². The maximum atomic E-state index is 13.8. The molecule has 0 aromatic carbocycles. The maximum Gasteiger partial charge on any atom is 0.170 e. The molecule has 0 unspecified atom stereocenters. The molecule has 1 aliphatic heterocycles. The van der Waals surface area contributed by atoms with Crippen LogP contribution in [0.3, 0.4) is 0 Å². The SMILES string of the molecule is CC(=O)c1cc(Cl)c2c(F)cnn2c1N1CC[S+]([O-])CC1. The quantitative estimate of drug-likeness (QED) is 0.623. The Morgan fingerprint density at radius 2 is 2.14 bits per heavy atom. The lowest BCUT2D eigenvalue weighted by Crippen LogP contribution is -2.42. The van der Waals surface area contributed by atoms with Gasteiger partial charge < -0.3 is 9.45 Å². The van der Waals surface area contributed by atoms with Crippen molar-refractivity contribution in [2.75, 3.05) is 29.5 Å². The Labute approximate surface area is 128 Å². The minimum atomic E-state index is -0.841. The number of rotatable bonds is 2. The summed E-state index contributed by atoms with van der Waals surface area (Å²) in [4.78, 5) is 13.8. The topological polar surface area (TPSA) is 60.7 Å². The maximum absolute atomic E-state index is 13.8. The van der Waals surface area contributed by atoms with Gasteiger partial charge in [-0.15, -0.1) is 0 Å². The van der Waals surface area contributed by atoms with Crippen molar-refractivity contribution in [3.63, 3.8) is 0 Å². The van der Waals surface area contributed by atoms with E-state index in [1.807, 2.05) is 4.90 Å². The number of Topliss-reactive ketones (excluding diaryl/α,β-unsaturated/α-hetero) is 1. The van der Waals surface area contributed by atoms with Gasteiger partial charge in [0, 0.05) is 0 Å². The van der Waals surface area contributed by atoms with Crippen LogP contribution in [0, 0.1) is 5.82 Å². The van der Waals surface area contributed by atoms with E-state index in [9.17, 15) is 13.7 Å². The molecule has 0 atom stereocenters. The zero-order valence-corrected chi connectivity index (χ0v) is 12.9. The molecule has 1 fully saturated rings. The average Bonchev–Trinajstić information content (AvgIpc) is 2.82. The molecule has 112 valence electrons. The summed E-state index contributed by atoms with van der Waals surface area (Å²) in [7, 11) is 0. The molecule has 3 heterocycles. The summed E-state index contributed by atoms with van der Waals surface area (Å²) in [5, 5.41) is 4.16. The van der Waals surface area contributed by atoms with Crippen molar-refractivity contribution in [3.05, 3.63) is 28.7 Å². The number of aromatic nitrogens is 2. The van der Waals surface area contributed by atoms with Gasteiger partial charge in [-0.25, -0.2) is 8.91 Å². The number of ketones is 1. The zero-order chi connectivity index (χ0) is 15.1. The number of carbonyl (C=O) groups excluding carboxylic acids is 1. The van der Waals surface area contributed by atoms with E-state index >= 15 is 0 Å². The van der Waals surface area contributed by atoms with Gasteiger partial charge in [-0.3, -0.25) is 4.79 Å². The second kappa shape index (κ2) is 5.47. The molecule has 0 bridgehead atoms. The lowest BCUT2D eigenvalue weighted by Gasteiger charge is -2.31. The molecular formula is C13H13ClFN3O2S. The van der Waals surface area contributed by atoms with Crippen LogP contribution in [0.15, 0.2) is 12.3 Å². The Balaban J connectivity index is 2.21. The molecular weight excluding hydrogens is 317 g/mol. The van der Waals surface area contributed by atoms with Crippen molar-refractivity contribution in [2.24, 2.45) is 0 Å². The van der Waals surface area contributed by atoms with E-state index in [-0.39, 0.29) is 16.3 Å². The fraction of sp³-hybridized carbons (Fsp3) is 0.385. The molecule has 0 amide bonds. The van der Waals surface area contributed by atoms with E-state index in [1.54, 1.807) is 0 Å². The highest BCUT2D eigenvalue weighted by molar-refractivity contribution is 7.91. The predicted molar refractivity (Wildman–Crippen MR) is 80.3 cm³/mol. The molecule has 2 aromatic heterocycles. The highest BCUT2D eigenvalue weighted by Crippen LogP contribution is 2.31. The first kappa shape index (κ1) is 14.6. The van der Waals surface area contributed by atoms with Crippen LogP contribution in [0.25, 0.3) is 5.52 Å². The third-order valence-corrected chi connectivity index (χ3v) is 5.08. The molecule has 21 heavy (non-hydrogen) atoms. The van der Waals surface area contributed by atoms with Crippen molar-refractivity contribution in [1.82, 2.24) is 9.61 Å². The van der Waals surface area contributed by atoms with Gasteiger partial charge in [0.25, 0.3) is 0 Å². The third kappa shape index (κ3) is 2.49. The Morgan fingerprint density at radius 3 is 2.76 bits per heavy atom. The van der Waals surface area contributed by atoms with Gasteiger partial charge in [0.15, 0.2) is 11.6 Å². The summed E-state index contributed by atoms with van der Waals surface area (Å²) in [6, 6.07) is 1.48. The second-order valence-corrected chi connectivity index (χ2v) is 6.98. The summed E-state index contributed by atoms with van der Waals surface area (Å²) in [6.07, 6.45) is 1.08. The van der Waals surface area contributed by atoms with Gasteiger partial charge in [0.2, 0.25) is 0 Å². The number of hydrogen-bond donors (Lipinski definition) is 0. The normalized spacial score (nSPS) is 16.7. The van der Waals surface area contributed by atoms with E-state index in [4.69, 9.17) is 11.6 Å². The molecule has 8 heteroatoms. The van der Waals surface area contributed by atoms with Gasteiger partial charge in [-0.05, 0) is 13.0 Å². The van der Waals surface area contributed by atoms with Crippen LogP contribution in [0.4, 0.5) is 10.2 Å². The number of anilines is 1. The first-order valence-electron chi connectivity index (χ1n) is 6.45. The molecule has 1 aliphatic rings. The lowest BCUT2D eigenvalue weighted by atomic mass is 10.1.